The number of benzene rings is 1. The van der Waals surface area contributed by atoms with Crippen molar-refractivity contribution in [2.75, 3.05) is 0 Å². The Morgan fingerprint density at radius 1 is 1.11 bits per heavy atom. The molecule has 0 spiro atoms. The lowest BCUT2D eigenvalue weighted by molar-refractivity contribution is 1.47. The van der Waals surface area contributed by atoms with Gasteiger partial charge >= 0.3 is 0 Å². The molecule has 2 bridgehead atoms. The monoisotopic (exact) mass is 119 g/mol. The normalized spacial score (nSPS) is 11.3. The molecule has 9 heavy (non-hydrogen) atoms. The number of rotatable bonds is 0. The first-order valence-electron chi connectivity index (χ1n) is 3.15. The molecule has 0 unspecified atom stereocenters. The topological polar surface area (TPSA) is 15.8 Å². The molecule has 0 saturated heterocycles. The summed E-state index contributed by atoms with van der Waals surface area (Å²) in [6, 6.07) is 4.34. The van der Waals surface area contributed by atoms with E-state index in [0.29, 0.717) is 0 Å². The number of H-pyrrole nitrogens is 1. The van der Waals surface area contributed by atoms with Crippen LogP contribution in [-0.4, -0.2) is 4.98 Å². The minimum absolute atomic E-state index is 1.25. The van der Waals surface area contributed by atoms with Crippen molar-refractivity contribution in [2.45, 2.75) is 13.8 Å². The molecule has 2 heterocycles. The van der Waals surface area contributed by atoms with Gasteiger partial charge in [-0.05, 0) is 37.1 Å². The number of hydrogen-bond acceptors (Lipinski definition) is 0. The molecule has 0 aromatic carbocycles. The summed E-state index contributed by atoms with van der Waals surface area (Å²) < 4.78 is 0. The molecule has 0 aliphatic rings. The Balaban J connectivity index is 2.96. The third-order valence-electron chi connectivity index (χ3n) is 1.80. The average molecular weight is 119 g/mol. The van der Waals surface area contributed by atoms with E-state index in [-0.39, 0.29) is 0 Å². The van der Waals surface area contributed by atoms with E-state index >= 15 is 0 Å². The highest BCUT2D eigenvalue weighted by Crippen LogP contribution is 2.20. The van der Waals surface area contributed by atoms with E-state index in [0.717, 1.165) is 0 Å². The van der Waals surface area contributed by atoms with E-state index in [4.69, 9.17) is 0 Å². The van der Waals surface area contributed by atoms with Crippen LogP contribution in [0.15, 0.2) is 12.1 Å². The summed E-state index contributed by atoms with van der Waals surface area (Å²) in [6.45, 7) is 4.26. The van der Waals surface area contributed by atoms with Crippen molar-refractivity contribution < 1.29 is 0 Å². The molecule has 0 aliphatic heterocycles. The quantitative estimate of drug-likeness (QED) is 0.547. The number of nitrogens with one attached hydrogen (secondary N) is 1. The zero-order chi connectivity index (χ0) is 6.43. The SMILES string of the molecule is Cc1cc2cc(C)c1[nH]2. The summed E-state index contributed by atoms with van der Waals surface area (Å²) in [5, 5.41) is 0. The fourth-order valence-electron chi connectivity index (χ4n) is 1.38. The van der Waals surface area contributed by atoms with Gasteiger partial charge in [-0.2, -0.15) is 0 Å². The molecule has 2 aromatic rings. The maximum Gasteiger partial charge on any atom is 0.0445 e. The molecule has 1 heteroatoms. The Hall–Kier alpha value is -0.980. The maximum absolute atomic E-state index is 3.28. The molecular formula is C8H9N. The number of fused-ring (bicyclic) bond motifs is 2. The van der Waals surface area contributed by atoms with Crippen LogP contribution < -0.4 is 0 Å². The van der Waals surface area contributed by atoms with Crippen LogP contribution in [0.2, 0.25) is 0 Å². The van der Waals surface area contributed by atoms with E-state index in [1.54, 1.807) is 0 Å². The van der Waals surface area contributed by atoms with Crippen molar-refractivity contribution in [1.29, 1.82) is 0 Å². The van der Waals surface area contributed by atoms with Gasteiger partial charge in [-0.3, -0.25) is 0 Å². The van der Waals surface area contributed by atoms with Crippen molar-refractivity contribution >= 4 is 11.0 Å². The third kappa shape index (κ3) is 0.489. The lowest BCUT2D eigenvalue weighted by Crippen LogP contribution is -1.70. The predicted molar refractivity (Wildman–Crippen MR) is 39.0 cm³/mol. The summed E-state index contributed by atoms with van der Waals surface area (Å²) >= 11 is 0. The van der Waals surface area contributed by atoms with Gasteiger partial charge in [-0.1, -0.05) is 0 Å². The number of hydrogen-bond donors (Lipinski definition) is 1. The van der Waals surface area contributed by atoms with Gasteiger partial charge in [0.2, 0.25) is 0 Å². The number of aryl methyl sites for hydroxylation is 2. The van der Waals surface area contributed by atoms with Crippen molar-refractivity contribution in [3.8, 4) is 0 Å². The zero-order valence-electron chi connectivity index (χ0n) is 5.65. The number of aromatic nitrogens is 1. The van der Waals surface area contributed by atoms with Crippen LogP contribution in [0, 0.1) is 13.8 Å². The van der Waals surface area contributed by atoms with Crippen LogP contribution in [0.25, 0.3) is 11.0 Å². The van der Waals surface area contributed by atoms with E-state index < -0.39 is 0 Å². The molecule has 0 aliphatic carbocycles. The molecule has 46 valence electrons. The highest BCUT2D eigenvalue weighted by molar-refractivity contribution is 5.74. The molecule has 1 N–H and O–H groups in total. The summed E-state index contributed by atoms with van der Waals surface area (Å²) in [4.78, 5) is 3.28. The molecule has 2 aromatic heterocycles. The standard InChI is InChI=1S/C8H9N/c1-5-3-7-4-6(2)8(5)9-7/h3-4,9H,1-2H3. The van der Waals surface area contributed by atoms with Gasteiger partial charge in [0.1, 0.15) is 0 Å². The van der Waals surface area contributed by atoms with Gasteiger partial charge in [0.05, 0.1) is 0 Å². The van der Waals surface area contributed by atoms with Crippen LogP contribution in [0.4, 0.5) is 0 Å². The lowest BCUT2D eigenvalue weighted by Gasteiger charge is -1.88. The molecule has 0 radical (unpaired) electrons. The minimum Gasteiger partial charge on any atom is -0.355 e. The van der Waals surface area contributed by atoms with Crippen LogP contribution >= 0.6 is 0 Å². The molecule has 0 atom stereocenters. The predicted octanol–water partition coefficient (Wildman–Crippen LogP) is 2.22. The second-order valence-electron chi connectivity index (χ2n) is 2.61. The highest BCUT2D eigenvalue weighted by atomic mass is 14.7. The molecule has 0 fully saturated rings. The zero-order valence-corrected chi connectivity index (χ0v) is 5.65. The van der Waals surface area contributed by atoms with Crippen LogP contribution in [0.3, 0.4) is 0 Å². The Bertz CT molecular complexity index is 293. The summed E-state index contributed by atoms with van der Waals surface area (Å²) in [6.07, 6.45) is 0. The molecule has 2 rings (SSSR count). The fraction of sp³-hybridized carbons (Fsp3) is 0.250. The molecule has 1 nitrogen and oxygen atoms in total. The first kappa shape index (κ1) is 4.86. The van der Waals surface area contributed by atoms with Gasteiger partial charge in [0.25, 0.3) is 0 Å². The second kappa shape index (κ2) is 1.29. The van der Waals surface area contributed by atoms with Crippen molar-refractivity contribution in [2.24, 2.45) is 0 Å². The summed E-state index contributed by atoms with van der Waals surface area (Å²) in [5.41, 5.74) is 5.29. The van der Waals surface area contributed by atoms with Gasteiger partial charge in [-0.25, -0.2) is 0 Å². The first-order valence-corrected chi connectivity index (χ1v) is 3.15. The van der Waals surface area contributed by atoms with Crippen molar-refractivity contribution in [1.82, 2.24) is 4.98 Å². The van der Waals surface area contributed by atoms with Crippen molar-refractivity contribution in [3.05, 3.63) is 23.3 Å². The molecule has 0 amide bonds. The average Bonchev–Trinajstić information content (AvgIpc) is 2.22. The lowest BCUT2D eigenvalue weighted by atomic mass is 10.2. The van der Waals surface area contributed by atoms with Gasteiger partial charge in [0, 0.05) is 11.0 Å². The smallest absolute Gasteiger partial charge is 0.0445 e. The first-order chi connectivity index (χ1) is 4.27. The van der Waals surface area contributed by atoms with Crippen molar-refractivity contribution in [3.63, 3.8) is 0 Å². The Morgan fingerprint density at radius 3 is 1.89 bits per heavy atom. The van der Waals surface area contributed by atoms with Gasteiger partial charge < -0.3 is 4.98 Å². The largest absolute Gasteiger partial charge is 0.355 e. The highest BCUT2D eigenvalue weighted by Gasteiger charge is 2.02. The van der Waals surface area contributed by atoms with E-state index in [9.17, 15) is 0 Å². The number of aromatic amines is 1. The third-order valence-corrected chi connectivity index (χ3v) is 1.80. The van der Waals surface area contributed by atoms with E-state index in [1.165, 1.54) is 22.2 Å². The Labute approximate surface area is 54.0 Å². The Kier molecular flexibility index (Phi) is 0.699. The van der Waals surface area contributed by atoms with Crippen LogP contribution in [0.1, 0.15) is 11.1 Å². The van der Waals surface area contributed by atoms with Crippen LogP contribution in [-0.2, 0) is 0 Å². The van der Waals surface area contributed by atoms with E-state index in [2.05, 4.69) is 31.0 Å². The van der Waals surface area contributed by atoms with Crippen LogP contribution in [0.5, 0.6) is 0 Å². The van der Waals surface area contributed by atoms with Gasteiger partial charge in [-0.15, -0.1) is 0 Å². The van der Waals surface area contributed by atoms with Gasteiger partial charge in [0.15, 0.2) is 0 Å². The maximum atomic E-state index is 3.28. The minimum atomic E-state index is 1.25. The Morgan fingerprint density at radius 2 is 1.67 bits per heavy atom. The molecular weight excluding hydrogens is 110 g/mol. The summed E-state index contributed by atoms with van der Waals surface area (Å²) in [7, 11) is 0. The van der Waals surface area contributed by atoms with E-state index in [1.807, 2.05) is 0 Å². The fourth-order valence-corrected chi connectivity index (χ4v) is 1.38. The molecule has 0 saturated carbocycles. The second-order valence-corrected chi connectivity index (χ2v) is 2.61. The summed E-state index contributed by atoms with van der Waals surface area (Å²) in [5.74, 6) is 0.